The van der Waals surface area contributed by atoms with Gasteiger partial charge in [0, 0.05) is 34.3 Å². The molecule has 0 bridgehead atoms. The Balaban J connectivity index is 0.00000288. The van der Waals surface area contributed by atoms with Gasteiger partial charge in [-0.05, 0) is 26.0 Å². The molecule has 2 aromatic rings. The van der Waals surface area contributed by atoms with Crippen molar-refractivity contribution in [3.8, 4) is 0 Å². The topological polar surface area (TPSA) is 49.3 Å². The van der Waals surface area contributed by atoms with Crippen LogP contribution in [0.2, 0.25) is 0 Å². The lowest BCUT2D eigenvalue weighted by molar-refractivity contribution is 0.795. The number of nitrogens with zero attached hydrogens (tertiary/aromatic N) is 2. The number of nitrogens with one attached hydrogen (secondary N) is 2. The number of aromatic nitrogens is 1. The van der Waals surface area contributed by atoms with Gasteiger partial charge in [0.05, 0.1) is 11.6 Å². The second kappa shape index (κ2) is 11.7. The standard InChI is InChI=1S/C17H24N4S2.HI/c1-4-18-17(21-12-16-11-19-14(3)23-16)20-10-13(2)22-15-8-6-5-7-9-15;/h5-9,11,13H,4,10,12H2,1-3H3,(H2,18,20,21);1H. The average Bonchev–Trinajstić information content (AvgIpc) is 2.96. The largest absolute Gasteiger partial charge is 0.357 e. The highest BCUT2D eigenvalue weighted by molar-refractivity contribution is 14.0. The minimum absolute atomic E-state index is 0. The third-order valence-corrected chi connectivity index (χ3v) is 5.05. The fraction of sp³-hybridized carbons (Fsp3) is 0.412. The molecule has 0 radical (unpaired) electrons. The summed E-state index contributed by atoms with van der Waals surface area (Å²) in [6, 6.07) is 10.5. The number of aliphatic imine (C=N–C) groups is 1. The van der Waals surface area contributed by atoms with Crippen molar-refractivity contribution >= 4 is 53.0 Å². The van der Waals surface area contributed by atoms with E-state index in [1.807, 2.05) is 30.9 Å². The van der Waals surface area contributed by atoms with Gasteiger partial charge in [0.2, 0.25) is 0 Å². The minimum atomic E-state index is 0. The van der Waals surface area contributed by atoms with Gasteiger partial charge in [-0.25, -0.2) is 9.98 Å². The summed E-state index contributed by atoms with van der Waals surface area (Å²) in [5, 5.41) is 8.26. The van der Waals surface area contributed by atoms with E-state index >= 15 is 0 Å². The molecule has 1 aromatic heterocycles. The summed E-state index contributed by atoms with van der Waals surface area (Å²) < 4.78 is 0. The lowest BCUT2D eigenvalue weighted by Gasteiger charge is -2.15. The number of hydrogen-bond acceptors (Lipinski definition) is 4. The molecule has 24 heavy (non-hydrogen) atoms. The molecule has 2 rings (SSSR count). The van der Waals surface area contributed by atoms with Crippen LogP contribution in [0.4, 0.5) is 0 Å². The molecule has 7 heteroatoms. The van der Waals surface area contributed by atoms with Crippen LogP contribution in [0.15, 0.2) is 46.4 Å². The highest BCUT2D eigenvalue weighted by atomic mass is 127. The summed E-state index contributed by atoms with van der Waals surface area (Å²) in [7, 11) is 0. The van der Waals surface area contributed by atoms with E-state index in [1.54, 1.807) is 11.3 Å². The fourth-order valence-corrected chi connectivity index (χ4v) is 3.66. The molecule has 1 atom stereocenters. The van der Waals surface area contributed by atoms with E-state index in [1.165, 1.54) is 9.77 Å². The molecule has 0 amide bonds. The van der Waals surface area contributed by atoms with Gasteiger partial charge in [0.25, 0.3) is 0 Å². The molecule has 0 aliphatic heterocycles. The molecule has 4 nitrogen and oxygen atoms in total. The van der Waals surface area contributed by atoms with Crippen LogP contribution in [-0.4, -0.2) is 29.3 Å². The van der Waals surface area contributed by atoms with E-state index in [0.717, 1.165) is 24.1 Å². The molecule has 1 aromatic carbocycles. The van der Waals surface area contributed by atoms with Crippen molar-refractivity contribution < 1.29 is 0 Å². The highest BCUT2D eigenvalue weighted by Crippen LogP contribution is 2.21. The number of thiazole rings is 1. The first-order valence-electron chi connectivity index (χ1n) is 7.82. The van der Waals surface area contributed by atoms with Crippen molar-refractivity contribution in [3.05, 3.63) is 46.4 Å². The zero-order valence-corrected chi connectivity index (χ0v) is 18.2. The minimum Gasteiger partial charge on any atom is -0.357 e. The first-order chi connectivity index (χ1) is 11.2. The molecule has 1 unspecified atom stereocenters. The smallest absolute Gasteiger partial charge is 0.191 e. The SMILES string of the molecule is CCNC(=NCc1cnc(C)s1)NCC(C)Sc1ccccc1.I. The van der Waals surface area contributed by atoms with Gasteiger partial charge >= 0.3 is 0 Å². The van der Waals surface area contributed by atoms with Gasteiger partial charge in [-0.15, -0.1) is 47.1 Å². The number of hydrogen-bond donors (Lipinski definition) is 2. The van der Waals surface area contributed by atoms with Crippen LogP contribution >= 0.6 is 47.1 Å². The van der Waals surface area contributed by atoms with Gasteiger partial charge in [0.1, 0.15) is 0 Å². The second-order valence-electron chi connectivity index (χ2n) is 5.16. The Morgan fingerprint density at radius 1 is 1.29 bits per heavy atom. The molecule has 0 aliphatic rings. The summed E-state index contributed by atoms with van der Waals surface area (Å²) in [6.07, 6.45) is 1.90. The van der Waals surface area contributed by atoms with Crippen LogP contribution in [-0.2, 0) is 6.54 Å². The maximum absolute atomic E-state index is 4.63. The number of thioether (sulfide) groups is 1. The van der Waals surface area contributed by atoms with E-state index < -0.39 is 0 Å². The van der Waals surface area contributed by atoms with Crippen molar-refractivity contribution in [1.29, 1.82) is 0 Å². The van der Waals surface area contributed by atoms with Crippen molar-refractivity contribution in [3.63, 3.8) is 0 Å². The number of benzene rings is 1. The molecule has 132 valence electrons. The Morgan fingerprint density at radius 2 is 2.04 bits per heavy atom. The molecular weight excluding hydrogens is 451 g/mol. The molecular formula is C17H25IN4S2. The summed E-state index contributed by atoms with van der Waals surface area (Å²) in [5.41, 5.74) is 0. The molecule has 1 heterocycles. The van der Waals surface area contributed by atoms with Gasteiger partial charge in [-0.3, -0.25) is 0 Å². The van der Waals surface area contributed by atoms with Crippen LogP contribution in [0, 0.1) is 6.92 Å². The number of halogens is 1. The number of rotatable bonds is 7. The second-order valence-corrected chi connectivity index (χ2v) is 7.99. The van der Waals surface area contributed by atoms with Crippen molar-refractivity contribution in [2.75, 3.05) is 13.1 Å². The first kappa shape index (κ1) is 21.2. The number of guanidine groups is 1. The Hall–Kier alpha value is -0.800. The Morgan fingerprint density at radius 3 is 2.67 bits per heavy atom. The van der Waals surface area contributed by atoms with E-state index in [9.17, 15) is 0 Å². The zero-order valence-electron chi connectivity index (χ0n) is 14.3. The first-order valence-corrected chi connectivity index (χ1v) is 9.52. The monoisotopic (exact) mass is 476 g/mol. The zero-order chi connectivity index (χ0) is 16.5. The molecule has 2 N–H and O–H groups in total. The van der Waals surface area contributed by atoms with Crippen LogP contribution in [0.1, 0.15) is 23.7 Å². The van der Waals surface area contributed by atoms with Gasteiger partial charge in [0.15, 0.2) is 5.96 Å². The van der Waals surface area contributed by atoms with Crippen LogP contribution < -0.4 is 10.6 Å². The quantitative estimate of drug-likeness (QED) is 0.271. The van der Waals surface area contributed by atoms with E-state index in [2.05, 4.69) is 58.7 Å². The predicted molar refractivity (Wildman–Crippen MR) is 117 cm³/mol. The summed E-state index contributed by atoms with van der Waals surface area (Å²) in [5.74, 6) is 0.860. The summed E-state index contributed by atoms with van der Waals surface area (Å²) in [6.45, 7) is 8.71. The van der Waals surface area contributed by atoms with Crippen molar-refractivity contribution in [2.24, 2.45) is 4.99 Å². The fourth-order valence-electron chi connectivity index (χ4n) is 1.99. The van der Waals surface area contributed by atoms with Crippen LogP contribution in [0.5, 0.6) is 0 Å². The predicted octanol–water partition coefficient (Wildman–Crippen LogP) is 4.31. The molecule has 0 saturated carbocycles. The summed E-state index contributed by atoms with van der Waals surface area (Å²) >= 11 is 3.56. The third-order valence-electron chi connectivity index (χ3n) is 3.04. The Kier molecular flexibility index (Phi) is 10.4. The molecule has 0 saturated heterocycles. The molecule has 0 fully saturated rings. The van der Waals surface area contributed by atoms with Crippen LogP contribution in [0.3, 0.4) is 0 Å². The average molecular weight is 476 g/mol. The lowest BCUT2D eigenvalue weighted by Crippen LogP contribution is -2.40. The number of aryl methyl sites for hydroxylation is 1. The van der Waals surface area contributed by atoms with Crippen LogP contribution in [0.25, 0.3) is 0 Å². The molecule has 0 spiro atoms. The van der Waals surface area contributed by atoms with E-state index in [-0.39, 0.29) is 24.0 Å². The van der Waals surface area contributed by atoms with E-state index in [0.29, 0.717) is 11.8 Å². The third kappa shape index (κ3) is 7.85. The van der Waals surface area contributed by atoms with Gasteiger partial charge in [-0.2, -0.15) is 0 Å². The van der Waals surface area contributed by atoms with E-state index in [4.69, 9.17) is 0 Å². The van der Waals surface area contributed by atoms with Crippen molar-refractivity contribution in [2.45, 2.75) is 37.5 Å². The highest BCUT2D eigenvalue weighted by Gasteiger charge is 2.06. The normalized spacial score (nSPS) is 12.4. The summed E-state index contributed by atoms with van der Waals surface area (Å²) in [4.78, 5) is 11.4. The lowest BCUT2D eigenvalue weighted by atomic mass is 10.4. The maximum Gasteiger partial charge on any atom is 0.191 e. The Bertz CT molecular complexity index is 616. The van der Waals surface area contributed by atoms with Gasteiger partial charge in [-0.1, -0.05) is 25.1 Å². The molecule has 0 aliphatic carbocycles. The maximum atomic E-state index is 4.63. The van der Waals surface area contributed by atoms with Gasteiger partial charge < -0.3 is 10.6 Å². The Labute approximate surface area is 170 Å². The van der Waals surface area contributed by atoms with Crippen molar-refractivity contribution in [1.82, 2.24) is 15.6 Å².